The van der Waals surface area contributed by atoms with Crippen LogP contribution < -0.4 is 5.32 Å². The summed E-state index contributed by atoms with van der Waals surface area (Å²) in [7, 11) is 0. The molecule has 2 atom stereocenters. The zero-order valence-electron chi connectivity index (χ0n) is 18.6. The lowest BCUT2D eigenvalue weighted by atomic mass is 9.61. The Hall–Kier alpha value is -2.79. The van der Waals surface area contributed by atoms with Gasteiger partial charge in [0.05, 0.1) is 16.6 Å². The fourth-order valence-corrected chi connectivity index (χ4v) is 5.01. The number of aryl methyl sites for hydroxylation is 1. The van der Waals surface area contributed by atoms with Gasteiger partial charge in [0.2, 0.25) is 0 Å². The van der Waals surface area contributed by atoms with E-state index < -0.39 is 47.1 Å². The minimum Gasteiger partial charge on any atom is -0.506 e. The van der Waals surface area contributed by atoms with Crippen molar-refractivity contribution in [3.63, 3.8) is 0 Å². The van der Waals surface area contributed by atoms with E-state index in [4.69, 9.17) is 11.6 Å². The smallest absolute Gasteiger partial charge is 0.456 e. The zero-order chi connectivity index (χ0) is 26.1. The van der Waals surface area contributed by atoms with Gasteiger partial charge < -0.3 is 15.5 Å². The van der Waals surface area contributed by atoms with Crippen LogP contribution in [0, 0.1) is 12.7 Å². The van der Waals surface area contributed by atoms with Crippen molar-refractivity contribution < 1.29 is 36.6 Å². The number of hydrogen-bond donors (Lipinski definition) is 3. The molecule has 1 aliphatic carbocycles. The number of nitrogens with zero attached hydrogens (tertiary/aromatic N) is 2. The summed E-state index contributed by atoms with van der Waals surface area (Å²) in [5.41, 5.74) is -5.72. The molecule has 0 fully saturated rings. The lowest BCUT2D eigenvalue weighted by Gasteiger charge is -2.51. The van der Waals surface area contributed by atoms with Crippen molar-refractivity contribution in [2.75, 3.05) is 5.32 Å². The number of halogens is 7. The van der Waals surface area contributed by atoms with E-state index in [0.717, 1.165) is 24.3 Å². The minimum atomic E-state index is -6.12. The second-order valence-corrected chi connectivity index (χ2v) is 9.71. The summed E-state index contributed by atoms with van der Waals surface area (Å²) < 4.78 is 85.3. The molecule has 0 radical (unpaired) electrons. The third-order valence-electron chi connectivity index (χ3n) is 6.32. The largest absolute Gasteiger partial charge is 0.506 e. The summed E-state index contributed by atoms with van der Waals surface area (Å²) in [6, 6.07) is 2.05. The Bertz CT molecular complexity index is 1330. The predicted octanol–water partition coefficient (Wildman–Crippen LogP) is 6.20. The number of aliphatic hydroxyl groups is 1. The van der Waals surface area contributed by atoms with Gasteiger partial charge in [-0.3, -0.25) is 0 Å². The van der Waals surface area contributed by atoms with Gasteiger partial charge in [-0.25, -0.2) is 14.4 Å². The molecule has 0 saturated heterocycles. The van der Waals surface area contributed by atoms with Gasteiger partial charge in [0, 0.05) is 28.9 Å². The lowest BCUT2D eigenvalue weighted by molar-refractivity contribution is -0.349. The highest BCUT2D eigenvalue weighted by Crippen LogP contribution is 2.60. The molecule has 35 heavy (non-hydrogen) atoms. The number of anilines is 1. The van der Waals surface area contributed by atoms with Crippen LogP contribution in [0.1, 0.15) is 43.3 Å². The lowest BCUT2D eigenvalue weighted by Crippen LogP contribution is -2.65. The average Bonchev–Trinajstić information content (AvgIpc) is 2.71. The number of aromatic nitrogens is 2. The monoisotopic (exact) mass is 519 g/mol. The van der Waals surface area contributed by atoms with Gasteiger partial charge in [0.1, 0.15) is 17.4 Å². The van der Waals surface area contributed by atoms with E-state index in [0.29, 0.717) is 0 Å². The standard InChI is InChI=1S/C23H20ClF6N3O2/c1-10-31-8-13-15(32-10)6-11(25)7-16(13)33-19-12-4-5-14(24)18(34)17(12)20(2,3)9-21(19,35)22(26,27)23(28,29)30/h4-8,19,33-35H,9H2,1-3H3/t19-,21+/m0/s1. The molecule has 4 rings (SSSR count). The van der Waals surface area contributed by atoms with E-state index in [9.17, 15) is 27.8 Å². The first-order valence-corrected chi connectivity index (χ1v) is 10.8. The fourth-order valence-electron chi connectivity index (χ4n) is 4.86. The van der Waals surface area contributed by atoms with Crippen molar-refractivity contribution in [1.29, 1.82) is 0 Å². The number of aromatic hydroxyl groups is 1. The van der Waals surface area contributed by atoms with E-state index in [1.54, 1.807) is 0 Å². The molecule has 0 unspecified atom stereocenters. The molecule has 0 aliphatic heterocycles. The Balaban J connectivity index is 2.02. The Morgan fingerprint density at radius 2 is 1.80 bits per heavy atom. The van der Waals surface area contributed by atoms with Crippen molar-refractivity contribution in [3.05, 3.63) is 58.3 Å². The van der Waals surface area contributed by atoms with Crippen molar-refractivity contribution in [2.45, 2.75) is 56.3 Å². The van der Waals surface area contributed by atoms with Gasteiger partial charge in [-0.15, -0.1) is 0 Å². The average molecular weight is 520 g/mol. The SMILES string of the molecule is Cc1ncc2c(N[C@H]3c4ccc(Cl)c(O)c4C(C)(C)C[C@]3(O)C(F)(F)C(F)(F)F)cc(F)cc2n1. The number of fused-ring (bicyclic) bond motifs is 2. The fraction of sp³-hybridized carbons (Fsp3) is 0.391. The molecule has 1 aromatic heterocycles. The summed E-state index contributed by atoms with van der Waals surface area (Å²) in [5, 5.41) is 24.3. The molecule has 2 aromatic carbocycles. The second kappa shape index (κ2) is 7.86. The molecule has 3 N–H and O–H groups in total. The van der Waals surface area contributed by atoms with Crippen LogP contribution in [0.4, 0.5) is 32.0 Å². The molecule has 0 saturated carbocycles. The molecule has 0 bridgehead atoms. The van der Waals surface area contributed by atoms with Crippen LogP contribution in [0.5, 0.6) is 5.75 Å². The van der Waals surface area contributed by atoms with Crippen molar-refractivity contribution >= 4 is 28.2 Å². The molecule has 0 spiro atoms. The van der Waals surface area contributed by atoms with Crippen LogP contribution in [-0.2, 0) is 5.41 Å². The van der Waals surface area contributed by atoms with Gasteiger partial charge in [-0.1, -0.05) is 31.5 Å². The quantitative estimate of drug-likeness (QED) is 0.359. The van der Waals surface area contributed by atoms with Gasteiger partial charge in [-0.05, 0) is 36.5 Å². The van der Waals surface area contributed by atoms with Crippen LogP contribution in [0.2, 0.25) is 5.02 Å². The van der Waals surface area contributed by atoms with E-state index in [1.807, 2.05) is 0 Å². The third kappa shape index (κ3) is 3.85. The summed E-state index contributed by atoms with van der Waals surface area (Å²) in [5.74, 6) is -6.68. The summed E-state index contributed by atoms with van der Waals surface area (Å²) in [6.45, 7) is 4.15. The molecular formula is C23H20ClF6N3O2. The molecule has 5 nitrogen and oxygen atoms in total. The van der Waals surface area contributed by atoms with Crippen LogP contribution in [0.25, 0.3) is 10.9 Å². The van der Waals surface area contributed by atoms with Crippen molar-refractivity contribution in [2.24, 2.45) is 0 Å². The Morgan fingerprint density at radius 1 is 1.14 bits per heavy atom. The Labute approximate surface area is 200 Å². The highest BCUT2D eigenvalue weighted by Gasteiger charge is 2.74. The Kier molecular flexibility index (Phi) is 5.68. The number of hydrogen-bond acceptors (Lipinski definition) is 5. The molecule has 12 heteroatoms. The topological polar surface area (TPSA) is 78.3 Å². The van der Waals surface area contributed by atoms with Crippen molar-refractivity contribution in [1.82, 2.24) is 9.97 Å². The molecular weight excluding hydrogens is 500 g/mol. The van der Waals surface area contributed by atoms with Crippen LogP contribution >= 0.6 is 11.6 Å². The Morgan fingerprint density at radius 3 is 2.43 bits per heavy atom. The highest BCUT2D eigenvalue weighted by molar-refractivity contribution is 6.32. The van der Waals surface area contributed by atoms with E-state index >= 15 is 8.78 Å². The number of phenolic OH excluding ortho intramolecular Hbond substituents is 1. The van der Waals surface area contributed by atoms with E-state index in [1.165, 1.54) is 27.0 Å². The number of nitrogens with one attached hydrogen (secondary N) is 1. The maximum atomic E-state index is 15.0. The molecule has 1 heterocycles. The van der Waals surface area contributed by atoms with Crippen LogP contribution in [0.15, 0.2) is 30.5 Å². The number of rotatable bonds is 3. The number of alkyl halides is 5. The van der Waals surface area contributed by atoms with Crippen molar-refractivity contribution in [3.8, 4) is 5.75 Å². The number of benzene rings is 2. The summed E-state index contributed by atoms with van der Waals surface area (Å²) in [4.78, 5) is 8.06. The van der Waals surface area contributed by atoms with Crippen LogP contribution in [-0.4, -0.2) is 37.9 Å². The molecule has 1 aliphatic rings. The molecule has 3 aromatic rings. The normalized spacial score (nSPS) is 22.2. The number of phenols is 1. The van der Waals surface area contributed by atoms with E-state index in [2.05, 4.69) is 15.3 Å². The zero-order valence-corrected chi connectivity index (χ0v) is 19.4. The molecule has 0 amide bonds. The first-order valence-electron chi connectivity index (χ1n) is 10.4. The van der Waals surface area contributed by atoms with Crippen LogP contribution in [0.3, 0.4) is 0 Å². The first kappa shape index (κ1) is 25.3. The van der Waals surface area contributed by atoms with Gasteiger partial charge in [0.15, 0.2) is 5.60 Å². The van der Waals surface area contributed by atoms with Gasteiger partial charge in [0.25, 0.3) is 0 Å². The highest BCUT2D eigenvalue weighted by atomic mass is 35.5. The maximum Gasteiger partial charge on any atom is 0.456 e. The van der Waals surface area contributed by atoms with Gasteiger partial charge in [-0.2, -0.15) is 22.0 Å². The molecule has 188 valence electrons. The minimum absolute atomic E-state index is 0.0158. The first-order chi connectivity index (χ1) is 16.0. The predicted molar refractivity (Wildman–Crippen MR) is 117 cm³/mol. The summed E-state index contributed by atoms with van der Waals surface area (Å²) in [6.07, 6.45) is -5.98. The third-order valence-corrected chi connectivity index (χ3v) is 6.63. The van der Waals surface area contributed by atoms with Gasteiger partial charge >= 0.3 is 12.1 Å². The van der Waals surface area contributed by atoms with E-state index in [-0.39, 0.29) is 38.6 Å². The summed E-state index contributed by atoms with van der Waals surface area (Å²) >= 11 is 6.00. The second-order valence-electron chi connectivity index (χ2n) is 9.30. The maximum absolute atomic E-state index is 15.0.